The molecular formula is C20H21BrFN3O2. The van der Waals surface area contributed by atoms with Gasteiger partial charge in [-0.2, -0.15) is 0 Å². The van der Waals surface area contributed by atoms with E-state index in [0.717, 1.165) is 15.5 Å². The van der Waals surface area contributed by atoms with E-state index in [9.17, 15) is 9.18 Å². The van der Waals surface area contributed by atoms with Crippen molar-refractivity contribution in [2.45, 2.75) is 32.9 Å². The summed E-state index contributed by atoms with van der Waals surface area (Å²) in [5, 5.41) is 2.96. The summed E-state index contributed by atoms with van der Waals surface area (Å²) in [4.78, 5) is 17.2. The molecule has 5 nitrogen and oxygen atoms in total. The highest BCUT2D eigenvalue weighted by molar-refractivity contribution is 9.10. The minimum absolute atomic E-state index is 0.102. The molecule has 0 unspecified atom stereocenters. The second kappa shape index (κ2) is 7.31. The number of hydrogen-bond donors (Lipinski definition) is 1. The Morgan fingerprint density at radius 3 is 2.67 bits per heavy atom. The van der Waals surface area contributed by atoms with Gasteiger partial charge in [-0.1, -0.05) is 15.9 Å². The van der Waals surface area contributed by atoms with E-state index in [1.54, 1.807) is 12.1 Å². The molecule has 27 heavy (non-hydrogen) atoms. The molecule has 0 fully saturated rings. The highest BCUT2D eigenvalue weighted by Gasteiger charge is 2.19. The summed E-state index contributed by atoms with van der Waals surface area (Å²) >= 11 is 3.45. The second-order valence-electron chi connectivity index (χ2n) is 7.30. The van der Waals surface area contributed by atoms with E-state index < -0.39 is 5.82 Å². The minimum Gasteiger partial charge on any atom is -0.494 e. The van der Waals surface area contributed by atoms with Crippen molar-refractivity contribution in [3.63, 3.8) is 0 Å². The third-order valence-corrected chi connectivity index (χ3v) is 4.43. The molecule has 0 aliphatic heterocycles. The lowest BCUT2D eigenvalue weighted by molar-refractivity contribution is -0.123. The average Bonchev–Trinajstić information content (AvgIpc) is 2.91. The number of rotatable bonds is 4. The van der Waals surface area contributed by atoms with E-state index in [-0.39, 0.29) is 23.7 Å². The van der Waals surface area contributed by atoms with Crippen LogP contribution in [-0.2, 0) is 11.3 Å². The molecule has 7 heteroatoms. The van der Waals surface area contributed by atoms with Crippen molar-refractivity contribution in [3.05, 3.63) is 46.7 Å². The number of benzene rings is 2. The Morgan fingerprint density at radius 1 is 1.26 bits per heavy atom. The lowest BCUT2D eigenvalue weighted by Gasteiger charge is -2.21. The normalized spacial score (nSPS) is 11.6. The molecule has 0 saturated heterocycles. The van der Waals surface area contributed by atoms with Crippen molar-refractivity contribution < 1.29 is 13.9 Å². The van der Waals surface area contributed by atoms with Crippen LogP contribution >= 0.6 is 15.9 Å². The van der Waals surface area contributed by atoms with E-state index in [1.807, 2.05) is 43.5 Å². The first kappa shape index (κ1) is 19.4. The first-order chi connectivity index (χ1) is 12.7. The molecule has 0 saturated carbocycles. The first-order valence-electron chi connectivity index (χ1n) is 8.48. The van der Waals surface area contributed by atoms with Gasteiger partial charge in [0.2, 0.25) is 5.91 Å². The van der Waals surface area contributed by atoms with Crippen molar-refractivity contribution in [2.75, 3.05) is 7.11 Å². The summed E-state index contributed by atoms with van der Waals surface area (Å²) in [6.07, 6.45) is 0. The number of ether oxygens (including phenoxy) is 1. The van der Waals surface area contributed by atoms with Crippen molar-refractivity contribution >= 4 is 32.9 Å². The standard InChI is InChI=1S/C20H21BrFN3O2/c1-20(2,3)24-18(26)11-25-16-8-6-13(21)10-15(16)23-19(25)12-5-7-14(22)17(9-12)27-4/h5-10H,11H2,1-4H3,(H,24,26). The molecule has 2 aromatic carbocycles. The molecule has 0 aliphatic rings. The number of imidazole rings is 1. The van der Waals surface area contributed by atoms with E-state index in [0.29, 0.717) is 11.4 Å². The number of hydrogen-bond acceptors (Lipinski definition) is 3. The molecule has 142 valence electrons. The molecule has 1 amide bonds. The third-order valence-electron chi connectivity index (χ3n) is 3.94. The van der Waals surface area contributed by atoms with Gasteiger partial charge in [-0.3, -0.25) is 4.79 Å². The van der Waals surface area contributed by atoms with Crippen molar-refractivity contribution in [1.82, 2.24) is 14.9 Å². The van der Waals surface area contributed by atoms with Crippen LogP contribution in [0.2, 0.25) is 0 Å². The number of aromatic nitrogens is 2. The van der Waals surface area contributed by atoms with Crippen LogP contribution in [0.15, 0.2) is 40.9 Å². The number of fused-ring (bicyclic) bond motifs is 1. The Balaban J connectivity index is 2.12. The Bertz CT molecular complexity index is 1010. The largest absolute Gasteiger partial charge is 0.494 e. The maximum absolute atomic E-state index is 13.8. The second-order valence-corrected chi connectivity index (χ2v) is 8.22. The Labute approximate surface area is 165 Å². The number of methoxy groups -OCH3 is 1. The molecule has 1 heterocycles. The molecule has 0 radical (unpaired) electrons. The molecule has 0 aliphatic carbocycles. The molecule has 0 spiro atoms. The van der Waals surface area contributed by atoms with E-state index in [2.05, 4.69) is 26.2 Å². The zero-order valence-electron chi connectivity index (χ0n) is 15.6. The summed E-state index contributed by atoms with van der Waals surface area (Å²) in [5.41, 5.74) is 1.89. The maximum Gasteiger partial charge on any atom is 0.240 e. The molecular weight excluding hydrogens is 413 g/mol. The monoisotopic (exact) mass is 433 g/mol. The van der Waals surface area contributed by atoms with Gasteiger partial charge in [-0.15, -0.1) is 0 Å². The van der Waals surface area contributed by atoms with Crippen LogP contribution in [0.1, 0.15) is 20.8 Å². The van der Waals surface area contributed by atoms with Crippen LogP contribution in [0.5, 0.6) is 5.75 Å². The maximum atomic E-state index is 13.8. The topological polar surface area (TPSA) is 56.2 Å². The van der Waals surface area contributed by atoms with Gasteiger partial charge < -0.3 is 14.6 Å². The third kappa shape index (κ3) is 4.30. The zero-order valence-corrected chi connectivity index (χ0v) is 17.2. The summed E-state index contributed by atoms with van der Waals surface area (Å²) in [7, 11) is 1.42. The van der Waals surface area contributed by atoms with Crippen LogP contribution in [0.25, 0.3) is 22.4 Å². The number of nitrogens with zero attached hydrogens (tertiary/aromatic N) is 2. The van der Waals surface area contributed by atoms with Crippen molar-refractivity contribution in [1.29, 1.82) is 0 Å². The molecule has 0 atom stereocenters. The Kier molecular flexibility index (Phi) is 5.24. The summed E-state index contributed by atoms with van der Waals surface area (Å²) in [6, 6.07) is 10.2. The molecule has 1 aromatic heterocycles. The summed E-state index contributed by atoms with van der Waals surface area (Å²) in [5.74, 6) is 0.133. The Morgan fingerprint density at radius 2 is 2.00 bits per heavy atom. The van der Waals surface area contributed by atoms with Crippen LogP contribution < -0.4 is 10.1 Å². The number of carbonyl (C=O) groups excluding carboxylic acids is 1. The zero-order chi connectivity index (χ0) is 19.8. The van der Waals surface area contributed by atoms with Gasteiger partial charge >= 0.3 is 0 Å². The quantitative estimate of drug-likeness (QED) is 0.657. The molecule has 0 bridgehead atoms. The fourth-order valence-corrected chi connectivity index (χ4v) is 3.23. The van der Waals surface area contributed by atoms with Crippen molar-refractivity contribution in [3.8, 4) is 17.1 Å². The van der Waals surface area contributed by atoms with Gasteiger partial charge in [0.05, 0.1) is 18.1 Å². The van der Waals surface area contributed by atoms with Crippen LogP contribution in [0, 0.1) is 5.82 Å². The molecule has 3 rings (SSSR count). The van der Waals surface area contributed by atoms with E-state index >= 15 is 0 Å². The van der Waals surface area contributed by atoms with Gasteiger partial charge in [0.1, 0.15) is 12.4 Å². The highest BCUT2D eigenvalue weighted by Crippen LogP contribution is 2.30. The average molecular weight is 434 g/mol. The van der Waals surface area contributed by atoms with Crippen LogP contribution in [0.4, 0.5) is 4.39 Å². The highest BCUT2D eigenvalue weighted by atomic mass is 79.9. The van der Waals surface area contributed by atoms with Gasteiger partial charge in [-0.25, -0.2) is 9.37 Å². The number of halogens is 2. The fourth-order valence-electron chi connectivity index (χ4n) is 2.88. The lowest BCUT2D eigenvalue weighted by atomic mass is 10.1. The number of nitrogens with one attached hydrogen (secondary N) is 1. The SMILES string of the molecule is COc1cc(-c2nc3cc(Br)ccc3n2CC(=O)NC(C)(C)C)ccc1F. The fraction of sp³-hybridized carbons (Fsp3) is 0.300. The van der Waals surface area contributed by atoms with Gasteiger partial charge in [0.25, 0.3) is 0 Å². The first-order valence-corrected chi connectivity index (χ1v) is 9.28. The van der Waals surface area contributed by atoms with Gasteiger partial charge in [0, 0.05) is 15.6 Å². The van der Waals surface area contributed by atoms with E-state index in [1.165, 1.54) is 13.2 Å². The van der Waals surface area contributed by atoms with Crippen LogP contribution in [-0.4, -0.2) is 28.1 Å². The Hall–Kier alpha value is -2.41. The molecule has 3 aromatic rings. The minimum atomic E-state index is -0.447. The van der Waals surface area contributed by atoms with Crippen LogP contribution in [0.3, 0.4) is 0 Å². The summed E-state index contributed by atoms with van der Waals surface area (Å²) in [6.45, 7) is 5.89. The lowest BCUT2D eigenvalue weighted by Crippen LogP contribution is -2.42. The van der Waals surface area contributed by atoms with Crippen molar-refractivity contribution in [2.24, 2.45) is 0 Å². The number of carbonyl (C=O) groups is 1. The van der Waals surface area contributed by atoms with Gasteiger partial charge in [-0.05, 0) is 57.2 Å². The smallest absolute Gasteiger partial charge is 0.240 e. The molecule has 1 N–H and O–H groups in total. The van der Waals surface area contributed by atoms with E-state index in [4.69, 9.17) is 4.74 Å². The predicted octanol–water partition coefficient (Wildman–Crippen LogP) is 4.53. The summed E-state index contributed by atoms with van der Waals surface area (Å²) < 4.78 is 21.6. The predicted molar refractivity (Wildman–Crippen MR) is 107 cm³/mol. The van der Waals surface area contributed by atoms with Gasteiger partial charge in [0.15, 0.2) is 11.6 Å². The number of amides is 1.